The van der Waals surface area contributed by atoms with E-state index in [1.807, 2.05) is 6.92 Å². The molecule has 2 rings (SSSR count). The molecule has 21 heavy (non-hydrogen) atoms. The summed E-state index contributed by atoms with van der Waals surface area (Å²) < 4.78 is 10.3. The van der Waals surface area contributed by atoms with E-state index < -0.39 is 24.1 Å². The Labute approximate surface area is 122 Å². The number of hydrogen-bond donors (Lipinski definition) is 1. The first kappa shape index (κ1) is 15.0. The van der Waals surface area contributed by atoms with Gasteiger partial charge in [0.25, 0.3) is 0 Å². The average molecular weight is 291 g/mol. The van der Waals surface area contributed by atoms with Gasteiger partial charge in [0.1, 0.15) is 17.9 Å². The Kier molecular flexibility index (Phi) is 4.26. The fourth-order valence-corrected chi connectivity index (χ4v) is 2.37. The Morgan fingerprint density at radius 3 is 2.33 bits per heavy atom. The first-order chi connectivity index (χ1) is 9.88. The molecule has 1 aliphatic rings. The van der Waals surface area contributed by atoms with Gasteiger partial charge >= 0.3 is 11.9 Å². The van der Waals surface area contributed by atoms with Crippen molar-refractivity contribution >= 4 is 17.8 Å². The number of benzene rings is 1. The largest absolute Gasteiger partial charge is 0.456 e. The van der Waals surface area contributed by atoms with Crippen LogP contribution in [-0.4, -0.2) is 23.9 Å². The summed E-state index contributed by atoms with van der Waals surface area (Å²) in [7, 11) is 0. The van der Waals surface area contributed by atoms with Crippen LogP contribution < -0.4 is 10.1 Å². The van der Waals surface area contributed by atoms with Crippen molar-refractivity contribution < 1.29 is 23.9 Å². The molecular weight excluding hydrogens is 274 g/mol. The van der Waals surface area contributed by atoms with Crippen LogP contribution >= 0.6 is 0 Å². The topological polar surface area (TPSA) is 81.7 Å². The van der Waals surface area contributed by atoms with Crippen LogP contribution in [0.1, 0.15) is 32.4 Å². The Bertz CT molecular complexity index is 566. The van der Waals surface area contributed by atoms with E-state index in [2.05, 4.69) is 5.32 Å². The number of hydrogen-bond acceptors (Lipinski definition) is 5. The Balaban J connectivity index is 2.13. The summed E-state index contributed by atoms with van der Waals surface area (Å²) in [5.41, 5.74) is 0.791. The van der Waals surface area contributed by atoms with E-state index in [4.69, 9.17) is 9.47 Å². The van der Waals surface area contributed by atoms with Gasteiger partial charge in [-0.3, -0.25) is 9.59 Å². The van der Waals surface area contributed by atoms with E-state index >= 15 is 0 Å². The fourth-order valence-electron chi connectivity index (χ4n) is 2.37. The van der Waals surface area contributed by atoms with Crippen molar-refractivity contribution in [2.75, 3.05) is 0 Å². The van der Waals surface area contributed by atoms with Crippen molar-refractivity contribution in [2.24, 2.45) is 5.92 Å². The first-order valence-electron chi connectivity index (χ1n) is 6.64. The highest BCUT2D eigenvalue weighted by Crippen LogP contribution is 2.35. The van der Waals surface area contributed by atoms with Crippen LogP contribution in [0.25, 0.3) is 0 Å². The molecule has 1 fully saturated rings. The van der Waals surface area contributed by atoms with Gasteiger partial charge in [0, 0.05) is 19.8 Å². The molecule has 1 aromatic rings. The molecule has 0 radical (unpaired) electrons. The van der Waals surface area contributed by atoms with E-state index in [0.717, 1.165) is 5.56 Å². The number of nitrogens with one attached hydrogen (secondary N) is 1. The molecule has 0 unspecified atom stereocenters. The van der Waals surface area contributed by atoms with Crippen molar-refractivity contribution in [3.63, 3.8) is 0 Å². The SMILES string of the molecule is CC(=O)N[C@H]1C(=O)O[C@H](c2ccc(OC(C)=O)cc2)[C@H]1C. The van der Waals surface area contributed by atoms with Crippen molar-refractivity contribution in [3.05, 3.63) is 29.8 Å². The van der Waals surface area contributed by atoms with E-state index in [9.17, 15) is 14.4 Å². The third-order valence-corrected chi connectivity index (χ3v) is 3.33. The molecule has 0 bridgehead atoms. The number of amides is 1. The predicted octanol–water partition coefficient (Wildman–Crippen LogP) is 1.35. The molecule has 0 spiro atoms. The van der Waals surface area contributed by atoms with Crippen molar-refractivity contribution in [1.29, 1.82) is 0 Å². The summed E-state index contributed by atoms with van der Waals surface area (Å²) in [5.74, 6) is -0.849. The lowest BCUT2D eigenvalue weighted by Gasteiger charge is -2.17. The summed E-state index contributed by atoms with van der Waals surface area (Å²) in [6.45, 7) is 4.53. The highest BCUT2D eigenvalue weighted by Gasteiger charge is 2.42. The van der Waals surface area contributed by atoms with E-state index in [1.54, 1.807) is 24.3 Å². The molecule has 1 amide bonds. The van der Waals surface area contributed by atoms with Crippen molar-refractivity contribution in [2.45, 2.75) is 32.9 Å². The molecule has 1 heterocycles. The normalized spacial score (nSPS) is 24.3. The zero-order chi connectivity index (χ0) is 15.6. The van der Waals surface area contributed by atoms with Gasteiger partial charge in [0.15, 0.2) is 0 Å². The molecule has 112 valence electrons. The molecule has 0 aliphatic carbocycles. The predicted molar refractivity (Wildman–Crippen MR) is 73.4 cm³/mol. The summed E-state index contributed by atoms with van der Waals surface area (Å²) >= 11 is 0. The molecule has 1 saturated heterocycles. The number of rotatable bonds is 3. The number of ether oxygens (including phenoxy) is 2. The lowest BCUT2D eigenvalue weighted by Crippen LogP contribution is -2.40. The van der Waals surface area contributed by atoms with Gasteiger partial charge in [-0.2, -0.15) is 0 Å². The minimum Gasteiger partial charge on any atom is -0.456 e. The third kappa shape index (κ3) is 3.39. The molecule has 1 aliphatic heterocycles. The highest BCUT2D eigenvalue weighted by atomic mass is 16.6. The van der Waals surface area contributed by atoms with Crippen LogP contribution in [-0.2, 0) is 19.1 Å². The van der Waals surface area contributed by atoms with Crippen LogP contribution in [0.3, 0.4) is 0 Å². The van der Waals surface area contributed by atoms with Gasteiger partial charge < -0.3 is 14.8 Å². The molecule has 6 heteroatoms. The van der Waals surface area contributed by atoms with Gasteiger partial charge in [-0.25, -0.2) is 4.79 Å². The van der Waals surface area contributed by atoms with Gasteiger partial charge in [0.05, 0.1) is 0 Å². The highest BCUT2D eigenvalue weighted by molar-refractivity contribution is 5.85. The maximum atomic E-state index is 11.8. The van der Waals surface area contributed by atoms with Crippen LogP contribution in [0.2, 0.25) is 0 Å². The summed E-state index contributed by atoms with van der Waals surface area (Å²) in [4.78, 5) is 33.8. The monoisotopic (exact) mass is 291 g/mol. The lowest BCUT2D eigenvalue weighted by molar-refractivity contribution is -0.144. The molecule has 0 aromatic heterocycles. The van der Waals surface area contributed by atoms with Gasteiger partial charge in [0.2, 0.25) is 5.91 Å². The zero-order valence-corrected chi connectivity index (χ0v) is 12.1. The second-order valence-corrected chi connectivity index (χ2v) is 5.06. The van der Waals surface area contributed by atoms with Crippen LogP contribution in [0.5, 0.6) is 5.75 Å². The van der Waals surface area contributed by atoms with E-state index in [0.29, 0.717) is 5.75 Å². The maximum absolute atomic E-state index is 11.8. The van der Waals surface area contributed by atoms with Crippen LogP contribution in [0.4, 0.5) is 0 Å². The second-order valence-electron chi connectivity index (χ2n) is 5.06. The molecule has 1 aromatic carbocycles. The lowest BCUT2D eigenvalue weighted by atomic mass is 9.93. The van der Waals surface area contributed by atoms with Gasteiger partial charge in [-0.05, 0) is 17.7 Å². The van der Waals surface area contributed by atoms with Crippen molar-refractivity contribution in [3.8, 4) is 5.75 Å². The standard InChI is InChI=1S/C15H17NO5/c1-8-13(16-9(2)17)15(19)21-14(8)11-4-6-12(7-5-11)20-10(3)18/h4-8,13-14H,1-3H3,(H,16,17)/t8-,13+,14-/m0/s1. The molecule has 1 N–H and O–H groups in total. The summed E-state index contributed by atoms with van der Waals surface area (Å²) in [5, 5.41) is 2.60. The van der Waals surface area contributed by atoms with Crippen molar-refractivity contribution in [1.82, 2.24) is 5.32 Å². The average Bonchev–Trinajstić information content (AvgIpc) is 2.67. The summed E-state index contributed by atoms with van der Waals surface area (Å²) in [6.07, 6.45) is -0.430. The number of cyclic esters (lactones) is 1. The van der Waals surface area contributed by atoms with Crippen LogP contribution in [0.15, 0.2) is 24.3 Å². The Hall–Kier alpha value is -2.37. The fraction of sp³-hybridized carbons (Fsp3) is 0.400. The third-order valence-electron chi connectivity index (χ3n) is 3.33. The Morgan fingerprint density at radius 1 is 1.19 bits per heavy atom. The number of carbonyl (C=O) groups is 3. The smallest absolute Gasteiger partial charge is 0.329 e. The molecular formula is C15H17NO5. The minimum atomic E-state index is -0.638. The quantitative estimate of drug-likeness (QED) is 0.671. The number of esters is 2. The minimum absolute atomic E-state index is 0.180. The molecule has 3 atom stereocenters. The number of carbonyl (C=O) groups excluding carboxylic acids is 3. The second kappa shape index (κ2) is 5.95. The van der Waals surface area contributed by atoms with E-state index in [1.165, 1.54) is 13.8 Å². The summed E-state index contributed by atoms with van der Waals surface area (Å²) in [6, 6.07) is 6.12. The van der Waals surface area contributed by atoms with E-state index in [-0.39, 0.29) is 11.8 Å². The van der Waals surface area contributed by atoms with Gasteiger partial charge in [-0.15, -0.1) is 0 Å². The first-order valence-corrected chi connectivity index (χ1v) is 6.64. The van der Waals surface area contributed by atoms with Crippen LogP contribution in [0, 0.1) is 5.92 Å². The van der Waals surface area contributed by atoms with Gasteiger partial charge in [-0.1, -0.05) is 19.1 Å². The Morgan fingerprint density at radius 2 is 1.81 bits per heavy atom. The molecule has 0 saturated carbocycles. The molecule has 6 nitrogen and oxygen atoms in total. The maximum Gasteiger partial charge on any atom is 0.329 e. The zero-order valence-electron chi connectivity index (χ0n) is 12.1.